The van der Waals surface area contributed by atoms with Crippen molar-refractivity contribution < 1.29 is 26.3 Å². The molecule has 0 saturated heterocycles. The monoisotopic (exact) mass is 505 g/mol. The molecule has 1 aromatic carbocycles. The Labute approximate surface area is 199 Å². The zero-order valence-electron chi connectivity index (χ0n) is 18.8. The summed E-state index contributed by atoms with van der Waals surface area (Å²) in [4.78, 5) is 15.2. The van der Waals surface area contributed by atoms with E-state index in [1.54, 1.807) is 30.5 Å². The van der Waals surface area contributed by atoms with Crippen LogP contribution in [0.5, 0.6) is 0 Å². The molecule has 0 atom stereocenters. The summed E-state index contributed by atoms with van der Waals surface area (Å²) in [6.07, 6.45) is -4.00. The number of hydrogen-bond donors (Lipinski definition) is 1. The first-order valence-electron chi connectivity index (χ1n) is 10.5. The molecule has 1 N–H and O–H groups in total. The van der Waals surface area contributed by atoms with Gasteiger partial charge in [0.25, 0.3) is 0 Å². The Morgan fingerprint density at radius 1 is 0.917 bits per heavy atom. The van der Waals surface area contributed by atoms with Gasteiger partial charge in [-0.2, -0.15) is 31.4 Å². The molecule has 0 spiro atoms. The van der Waals surface area contributed by atoms with Crippen LogP contribution in [0, 0.1) is 0 Å². The van der Waals surface area contributed by atoms with Crippen LogP contribution in [-0.4, -0.2) is 34.3 Å². The van der Waals surface area contributed by atoms with E-state index in [2.05, 4.69) is 25.0 Å². The number of halogens is 6. The van der Waals surface area contributed by atoms with E-state index in [0.29, 0.717) is 28.6 Å². The number of nitrogens with one attached hydrogen (secondary N) is 1. The number of fused-ring (bicyclic) bond motifs is 1. The van der Waals surface area contributed by atoms with Gasteiger partial charge in [-0.25, -0.2) is 15.0 Å². The number of rotatable bonds is 4. The Morgan fingerprint density at radius 3 is 2.28 bits per heavy atom. The van der Waals surface area contributed by atoms with Gasteiger partial charge in [0.15, 0.2) is 11.5 Å². The molecule has 0 aliphatic rings. The molecule has 5 rings (SSSR count). The number of imidazole rings is 1. The molecule has 0 unspecified atom stereocenters. The highest BCUT2D eigenvalue weighted by atomic mass is 19.4. The van der Waals surface area contributed by atoms with Crippen LogP contribution in [0.3, 0.4) is 0 Å². The minimum absolute atomic E-state index is 0.110. The number of H-pyrrole nitrogens is 1. The largest absolute Gasteiger partial charge is 0.434 e. The lowest BCUT2D eigenvalue weighted by Crippen LogP contribution is -2.08. The first-order chi connectivity index (χ1) is 16.9. The summed E-state index contributed by atoms with van der Waals surface area (Å²) in [5.41, 5.74) is 0.909. The number of hydrogen-bond acceptors (Lipinski definition) is 4. The molecule has 0 saturated carbocycles. The summed E-state index contributed by atoms with van der Waals surface area (Å²) >= 11 is 0. The summed E-state index contributed by atoms with van der Waals surface area (Å²) in [5.74, 6) is 0.0660. The van der Waals surface area contributed by atoms with Gasteiger partial charge in [0.1, 0.15) is 17.1 Å². The van der Waals surface area contributed by atoms with E-state index in [1.165, 1.54) is 24.9 Å². The molecule has 0 amide bonds. The molecule has 186 valence electrons. The minimum Gasteiger partial charge on any atom is -0.358 e. The molecule has 0 aliphatic carbocycles. The second-order valence-electron chi connectivity index (χ2n) is 8.23. The van der Waals surface area contributed by atoms with Gasteiger partial charge in [-0.1, -0.05) is 24.3 Å². The maximum Gasteiger partial charge on any atom is 0.434 e. The molecule has 0 fully saturated rings. The summed E-state index contributed by atoms with van der Waals surface area (Å²) in [6.45, 7) is 0. The molecule has 4 aromatic heterocycles. The maximum atomic E-state index is 13.4. The lowest BCUT2D eigenvalue weighted by atomic mass is 10.0. The lowest BCUT2D eigenvalue weighted by Gasteiger charge is -2.08. The molecule has 4 heterocycles. The van der Waals surface area contributed by atoms with Crippen LogP contribution >= 0.6 is 0 Å². The molecule has 0 radical (unpaired) electrons. The second-order valence-corrected chi connectivity index (χ2v) is 8.23. The fourth-order valence-corrected chi connectivity index (χ4v) is 3.99. The van der Waals surface area contributed by atoms with Gasteiger partial charge < -0.3 is 9.55 Å². The second kappa shape index (κ2) is 8.21. The van der Waals surface area contributed by atoms with Crippen molar-refractivity contribution in [1.82, 2.24) is 34.3 Å². The highest BCUT2D eigenvalue weighted by Crippen LogP contribution is 2.36. The van der Waals surface area contributed by atoms with Gasteiger partial charge in [0.2, 0.25) is 0 Å². The number of aryl methyl sites for hydroxylation is 2. The van der Waals surface area contributed by atoms with Crippen molar-refractivity contribution in [2.75, 3.05) is 0 Å². The first kappa shape index (κ1) is 23.6. The predicted molar refractivity (Wildman–Crippen MR) is 118 cm³/mol. The van der Waals surface area contributed by atoms with E-state index in [9.17, 15) is 26.3 Å². The highest BCUT2D eigenvalue weighted by molar-refractivity contribution is 5.80. The molecular formula is C23H17F6N7. The third-order valence-corrected chi connectivity index (χ3v) is 5.72. The van der Waals surface area contributed by atoms with Gasteiger partial charge in [-0.15, -0.1) is 0 Å². The van der Waals surface area contributed by atoms with E-state index < -0.39 is 23.6 Å². The van der Waals surface area contributed by atoms with E-state index in [1.807, 2.05) is 0 Å². The Kier molecular flexibility index (Phi) is 5.38. The summed E-state index contributed by atoms with van der Waals surface area (Å²) < 4.78 is 81.6. The average molecular weight is 505 g/mol. The highest BCUT2D eigenvalue weighted by Gasteiger charge is 2.37. The number of nitrogens with zero attached hydrogens (tertiary/aromatic N) is 6. The van der Waals surface area contributed by atoms with E-state index in [-0.39, 0.29) is 17.3 Å². The van der Waals surface area contributed by atoms with Crippen molar-refractivity contribution in [2.45, 2.75) is 18.8 Å². The van der Waals surface area contributed by atoms with Crippen LogP contribution in [0.2, 0.25) is 0 Å². The smallest absolute Gasteiger partial charge is 0.358 e. The third kappa shape index (κ3) is 4.20. The fourth-order valence-electron chi connectivity index (χ4n) is 3.99. The van der Waals surface area contributed by atoms with Gasteiger partial charge in [-0.3, -0.25) is 4.68 Å². The standard InChI is InChI=1S/C23H17F6N7/c1-35-11-17(23(27,28)29)33-21(35)13-5-3-12(4-6-13)7-14-8-30-16-10-31-20(34-18(14)16)19-15(22(24,25)26)9-32-36(19)2/h3-6,8-11,30H,7H2,1-2H3. The van der Waals surface area contributed by atoms with Crippen molar-refractivity contribution in [3.05, 3.63) is 71.4 Å². The van der Waals surface area contributed by atoms with Gasteiger partial charge >= 0.3 is 12.4 Å². The third-order valence-electron chi connectivity index (χ3n) is 5.72. The van der Waals surface area contributed by atoms with Gasteiger partial charge in [0, 0.05) is 44.0 Å². The average Bonchev–Trinajstić information content (AvgIpc) is 3.50. The molecule has 36 heavy (non-hydrogen) atoms. The Morgan fingerprint density at radius 2 is 1.64 bits per heavy atom. The van der Waals surface area contributed by atoms with Crippen LogP contribution in [0.15, 0.2) is 49.1 Å². The zero-order chi connectivity index (χ0) is 25.8. The Bertz CT molecular complexity index is 1550. The lowest BCUT2D eigenvalue weighted by molar-refractivity contribution is -0.141. The van der Waals surface area contributed by atoms with Crippen molar-refractivity contribution >= 4 is 11.0 Å². The van der Waals surface area contributed by atoms with Crippen LogP contribution in [0.25, 0.3) is 33.9 Å². The van der Waals surface area contributed by atoms with E-state index in [4.69, 9.17) is 0 Å². The molecular weight excluding hydrogens is 488 g/mol. The Balaban J connectivity index is 1.45. The van der Waals surface area contributed by atoms with Crippen LogP contribution in [-0.2, 0) is 32.9 Å². The normalized spacial score (nSPS) is 12.6. The van der Waals surface area contributed by atoms with Crippen molar-refractivity contribution in [2.24, 2.45) is 14.1 Å². The quantitative estimate of drug-likeness (QED) is 0.333. The molecule has 5 aromatic rings. The van der Waals surface area contributed by atoms with Crippen LogP contribution in [0.1, 0.15) is 22.4 Å². The van der Waals surface area contributed by atoms with E-state index in [0.717, 1.165) is 22.6 Å². The number of alkyl halides is 6. The molecule has 7 nitrogen and oxygen atoms in total. The van der Waals surface area contributed by atoms with Crippen molar-refractivity contribution in [3.8, 4) is 22.9 Å². The SMILES string of the molecule is Cn1cc(C(F)(F)F)nc1-c1ccc(Cc2c[nH]c3cnc(-c4c(C(F)(F)F)cnn4C)nc23)cc1. The van der Waals surface area contributed by atoms with Gasteiger partial charge in [-0.05, 0) is 5.56 Å². The molecule has 13 heteroatoms. The number of aromatic amines is 1. The van der Waals surface area contributed by atoms with Crippen molar-refractivity contribution in [3.63, 3.8) is 0 Å². The van der Waals surface area contributed by atoms with E-state index >= 15 is 0 Å². The molecule has 0 aliphatic heterocycles. The first-order valence-corrected chi connectivity index (χ1v) is 10.5. The predicted octanol–water partition coefficient (Wildman–Crippen LogP) is 5.39. The zero-order valence-corrected chi connectivity index (χ0v) is 18.8. The van der Waals surface area contributed by atoms with Gasteiger partial charge in [0.05, 0.1) is 23.4 Å². The van der Waals surface area contributed by atoms with Crippen LogP contribution in [0.4, 0.5) is 26.3 Å². The summed E-state index contributed by atoms with van der Waals surface area (Å²) in [6, 6.07) is 6.83. The van der Waals surface area contributed by atoms with Crippen LogP contribution < -0.4 is 0 Å². The minimum atomic E-state index is -4.61. The topological polar surface area (TPSA) is 77.2 Å². The number of aromatic nitrogens is 7. The molecule has 0 bridgehead atoms. The maximum absolute atomic E-state index is 13.4. The van der Waals surface area contributed by atoms with Crippen molar-refractivity contribution in [1.29, 1.82) is 0 Å². The summed E-state index contributed by atoms with van der Waals surface area (Å²) in [5, 5.41) is 3.71. The fraction of sp³-hybridized carbons (Fsp3) is 0.217. The number of benzene rings is 1. The summed E-state index contributed by atoms with van der Waals surface area (Å²) in [7, 11) is 2.87. The Hall–Kier alpha value is -4.16.